The molecule has 1 aliphatic rings. The summed E-state index contributed by atoms with van der Waals surface area (Å²) in [6.45, 7) is 0. The first-order valence-electron chi connectivity index (χ1n) is 5.11. The summed E-state index contributed by atoms with van der Waals surface area (Å²) in [5, 5.41) is 7.07. The smallest absolute Gasteiger partial charge is 0.0710 e. The second kappa shape index (κ2) is 6.57. The zero-order valence-corrected chi connectivity index (χ0v) is 8.65. The quantitative estimate of drug-likeness (QED) is 0.548. The molecular formula is C12H18O2. The van der Waals surface area contributed by atoms with Crippen LogP contribution in [0.2, 0.25) is 0 Å². The highest BCUT2D eigenvalue weighted by atomic mass is 17.1. The minimum absolute atomic E-state index is 0.871. The fourth-order valence-electron chi connectivity index (χ4n) is 1.98. The standard InChI is InChI=1S/C11H14.CH4O2/c1-2-6-10(7-3-1)11-8-4-5-9-11;1-3-2/h1-3,6-7,11H,4-5,8-9H2;2H,1H3. The Hall–Kier alpha value is -0.860. The second-order valence-corrected chi connectivity index (χ2v) is 3.57. The highest BCUT2D eigenvalue weighted by Gasteiger charge is 2.15. The molecular weight excluding hydrogens is 176 g/mol. The molecule has 1 fully saturated rings. The third-order valence-corrected chi connectivity index (χ3v) is 2.63. The van der Waals surface area contributed by atoms with Crippen LogP contribution in [0.15, 0.2) is 30.3 Å². The summed E-state index contributed by atoms with van der Waals surface area (Å²) in [7, 11) is 1.18. The average Bonchev–Trinajstić information content (AvgIpc) is 2.73. The number of benzene rings is 1. The summed E-state index contributed by atoms with van der Waals surface area (Å²) in [5.41, 5.74) is 1.55. The number of rotatable bonds is 1. The van der Waals surface area contributed by atoms with E-state index in [0.717, 1.165) is 5.92 Å². The van der Waals surface area contributed by atoms with Gasteiger partial charge in [0.05, 0.1) is 7.11 Å². The van der Waals surface area contributed by atoms with E-state index in [9.17, 15) is 0 Å². The van der Waals surface area contributed by atoms with Crippen molar-refractivity contribution in [1.29, 1.82) is 0 Å². The van der Waals surface area contributed by atoms with Crippen LogP contribution in [0.25, 0.3) is 0 Å². The van der Waals surface area contributed by atoms with Gasteiger partial charge < -0.3 is 0 Å². The van der Waals surface area contributed by atoms with Gasteiger partial charge >= 0.3 is 0 Å². The van der Waals surface area contributed by atoms with Crippen LogP contribution < -0.4 is 0 Å². The van der Waals surface area contributed by atoms with Crippen LogP contribution in [0, 0.1) is 0 Å². The molecule has 0 heterocycles. The summed E-state index contributed by atoms with van der Waals surface area (Å²) in [5.74, 6) is 0.871. The fourth-order valence-corrected chi connectivity index (χ4v) is 1.98. The van der Waals surface area contributed by atoms with E-state index in [1.165, 1.54) is 32.8 Å². The van der Waals surface area contributed by atoms with Gasteiger partial charge in [0, 0.05) is 0 Å². The van der Waals surface area contributed by atoms with E-state index in [1.807, 2.05) is 0 Å². The van der Waals surface area contributed by atoms with Crippen LogP contribution in [0.5, 0.6) is 0 Å². The van der Waals surface area contributed by atoms with E-state index in [0.29, 0.717) is 0 Å². The average molecular weight is 194 g/mol. The van der Waals surface area contributed by atoms with Crippen molar-refractivity contribution in [1.82, 2.24) is 0 Å². The molecule has 0 aromatic heterocycles. The maximum atomic E-state index is 7.07. The summed E-state index contributed by atoms with van der Waals surface area (Å²) >= 11 is 0. The zero-order valence-electron chi connectivity index (χ0n) is 8.65. The molecule has 0 unspecified atom stereocenters. The van der Waals surface area contributed by atoms with E-state index in [2.05, 4.69) is 35.2 Å². The van der Waals surface area contributed by atoms with Crippen LogP contribution in [0.4, 0.5) is 0 Å². The minimum atomic E-state index is 0.871. The van der Waals surface area contributed by atoms with Crippen molar-refractivity contribution in [3.05, 3.63) is 35.9 Å². The van der Waals surface area contributed by atoms with E-state index >= 15 is 0 Å². The van der Waals surface area contributed by atoms with Gasteiger partial charge in [0.1, 0.15) is 0 Å². The molecule has 2 rings (SSSR count). The maximum Gasteiger partial charge on any atom is 0.0710 e. The highest BCUT2D eigenvalue weighted by molar-refractivity contribution is 5.19. The molecule has 0 amide bonds. The summed E-state index contributed by atoms with van der Waals surface area (Å²) in [4.78, 5) is 3.25. The SMILES string of the molecule is COO.c1ccc(C2CCCC2)cc1. The molecule has 2 heteroatoms. The lowest BCUT2D eigenvalue weighted by molar-refractivity contribution is -0.214. The van der Waals surface area contributed by atoms with Gasteiger partial charge in [0.25, 0.3) is 0 Å². The Morgan fingerprint density at radius 1 is 1.14 bits per heavy atom. The molecule has 14 heavy (non-hydrogen) atoms. The normalized spacial score (nSPS) is 16.1. The van der Waals surface area contributed by atoms with Gasteiger partial charge in [0.2, 0.25) is 0 Å². The number of hydrogen-bond donors (Lipinski definition) is 1. The first-order valence-corrected chi connectivity index (χ1v) is 5.11. The molecule has 1 aromatic rings. The van der Waals surface area contributed by atoms with Crippen molar-refractivity contribution in [3.8, 4) is 0 Å². The lowest BCUT2D eigenvalue weighted by Crippen LogP contribution is -1.89. The lowest BCUT2D eigenvalue weighted by Gasteiger charge is -2.07. The van der Waals surface area contributed by atoms with Crippen LogP contribution in [-0.2, 0) is 4.89 Å². The topological polar surface area (TPSA) is 29.5 Å². The monoisotopic (exact) mass is 194 g/mol. The van der Waals surface area contributed by atoms with Gasteiger partial charge in [-0.1, -0.05) is 43.2 Å². The van der Waals surface area contributed by atoms with Gasteiger partial charge in [-0.3, -0.25) is 5.26 Å². The minimum Gasteiger partial charge on any atom is -0.252 e. The van der Waals surface area contributed by atoms with Gasteiger partial charge in [-0.2, -0.15) is 0 Å². The van der Waals surface area contributed by atoms with Crippen molar-refractivity contribution in [2.45, 2.75) is 31.6 Å². The molecule has 2 nitrogen and oxygen atoms in total. The third-order valence-electron chi connectivity index (χ3n) is 2.63. The summed E-state index contributed by atoms with van der Waals surface area (Å²) < 4.78 is 0. The van der Waals surface area contributed by atoms with E-state index in [-0.39, 0.29) is 0 Å². The van der Waals surface area contributed by atoms with Crippen LogP contribution >= 0.6 is 0 Å². The molecule has 1 aliphatic carbocycles. The van der Waals surface area contributed by atoms with Crippen LogP contribution in [-0.4, -0.2) is 12.4 Å². The van der Waals surface area contributed by atoms with E-state index in [4.69, 9.17) is 5.26 Å². The molecule has 78 valence electrons. The Kier molecular flexibility index (Phi) is 5.27. The Balaban J connectivity index is 0.000000293. The maximum absolute atomic E-state index is 7.07. The Bertz CT molecular complexity index is 227. The molecule has 0 bridgehead atoms. The molecule has 0 radical (unpaired) electrons. The first kappa shape index (κ1) is 11.2. The van der Waals surface area contributed by atoms with Gasteiger partial charge in [0.15, 0.2) is 0 Å². The van der Waals surface area contributed by atoms with Crippen molar-refractivity contribution >= 4 is 0 Å². The summed E-state index contributed by atoms with van der Waals surface area (Å²) in [6, 6.07) is 10.9. The lowest BCUT2D eigenvalue weighted by atomic mass is 9.98. The fraction of sp³-hybridized carbons (Fsp3) is 0.500. The Morgan fingerprint density at radius 2 is 1.64 bits per heavy atom. The Labute approximate surface area is 85.5 Å². The van der Waals surface area contributed by atoms with Crippen LogP contribution in [0.1, 0.15) is 37.2 Å². The predicted octanol–water partition coefficient (Wildman–Crippen LogP) is 3.45. The van der Waals surface area contributed by atoms with Crippen molar-refractivity contribution in [2.75, 3.05) is 7.11 Å². The van der Waals surface area contributed by atoms with Gasteiger partial charge in [-0.15, -0.1) is 0 Å². The molecule has 1 N–H and O–H groups in total. The Morgan fingerprint density at radius 3 is 2.14 bits per heavy atom. The van der Waals surface area contributed by atoms with Gasteiger partial charge in [-0.05, 0) is 24.3 Å². The van der Waals surface area contributed by atoms with Crippen molar-refractivity contribution in [3.63, 3.8) is 0 Å². The molecule has 0 saturated heterocycles. The molecule has 1 saturated carbocycles. The molecule has 0 aliphatic heterocycles. The van der Waals surface area contributed by atoms with Crippen molar-refractivity contribution < 1.29 is 10.1 Å². The zero-order chi connectivity index (χ0) is 10.2. The molecule has 0 spiro atoms. The van der Waals surface area contributed by atoms with Crippen molar-refractivity contribution in [2.24, 2.45) is 0 Å². The third kappa shape index (κ3) is 3.48. The predicted molar refractivity (Wildman–Crippen MR) is 57.3 cm³/mol. The highest BCUT2D eigenvalue weighted by Crippen LogP contribution is 2.33. The van der Waals surface area contributed by atoms with E-state index < -0.39 is 0 Å². The first-order chi connectivity index (χ1) is 6.88. The van der Waals surface area contributed by atoms with E-state index in [1.54, 1.807) is 5.56 Å². The largest absolute Gasteiger partial charge is 0.252 e. The molecule has 1 aromatic carbocycles. The second-order valence-electron chi connectivity index (χ2n) is 3.57. The van der Waals surface area contributed by atoms with Crippen LogP contribution in [0.3, 0.4) is 0 Å². The van der Waals surface area contributed by atoms with Gasteiger partial charge in [-0.25, -0.2) is 4.89 Å². The number of hydrogen-bond acceptors (Lipinski definition) is 2. The molecule has 0 atom stereocenters. The summed E-state index contributed by atoms with van der Waals surface area (Å²) in [6.07, 6.45) is 5.67.